The molecule has 0 bridgehead atoms. The molecule has 3 nitrogen and oxygen atoms in total. The van der Waals surface area contributed by atoms with Crippen LogP contribution < -0.4 is 10.2 Å². The molecule has 0 radical (unpaired) electrons. The number of hydrogen-bond acceptors (Lipinski definition) is 3. The van der Waals surface area contributed by atoms with Gasteiger partial charge in [0.15, 0.2) is 0 Å². The number of piperidine rings is 1. The average Bonchev–Trinajstić information content (AvgIpc) is 3.21. The van der Waals surface area contributed by atoms with Gasteiger partial charge in [-0.25, -0.2) is 0 Å². The van der Waals surface area contributed by atoms with Crippen LogP contribution in [0.4, 0.5) is 5.69 Å². The normalized spacial score (nSPS) is 24.3. The van der Waals surface area contributed by atoms with Gasteiger partial charge in [0.1, 0.15) is 0 Å². The maximum Gasteiger partial charge on any atom is 0.0822 e. The molecule has 3 rings (SSSR count). The summed E-state index contributed by atoms with van der Waals surface area (Å²) >= 11 is 6.22. The minimum atomic E-state index is 0.753. The summed E-state index contributed by atoms with van der Waals surface area (Å²) in [6.07, 6.45) is 8.89. The summed E-state index contributed by atoms with van der Waals surface area (Å²) in [5, 5.41) is 4.41. The summed E-state index contributed by atoms with van der Waals surface area (Å²) in [6, 6.07) is 2.84. The molecule has 2 fully saturated rings. The van der Waals surface area contributed by atoms with Crippen molar-refractivity contribution in [2.24, 2.45) is 5.92 Å². The van der Waals surface area contributed by atoms with Gasteiger partial charge in [0, 0.05) is 31.5 Å². The molecule has 0 aromatic carbocycles. The molecule has 98 valence electrons. The maximum atomic E-state index is 6.22. The lowest BCUT2D eigenvalue weighted by Gasteiger charge is -2.35. The lowest BCUT2D eigenvalue weighted by Crippen LogP contribution is -2.40. The van der Waals surface area contributed by atoms with Gasteiger partial charge in [0.05, 0.1) is 10.7 Å². The Morgan fingerprint density at radius 2 is 2.28 bits per heavy atom. The summed E-state index contributed by atoms with van der Waals surface area (Å²) in [4.78, 5) is 6.47. The van der Waals surface area contributed by atoms with E-state index in [-0.39, 0.29) is 0 Å². The van der Waals surface area contributed by atoms with Crippen molar-refractivity contribution in [2.75, 3.05) is 24.5 Å². The van der Waals surface area contributed by atoms with Crippen molar-refractivity contribution in [2.45, 2.75) is 31.7 Å². The van der Waals surface area contributed by atoms with E-state index in [1.54, 1.807) is 6.20 Å². The van der Waals surface area contributed by atoms with E-state index in [1.807, 2.05) is 12.3 Å². The van der Waals surface area contributed by atoms with E-state index in [0.717, 1.165) is 42.3 Å². The molecular formula is C14H20ClN3. The van der Waals surface area contributed by atoms with E-state index in [2.05, 4.69) is 15.2 Å². The summed E-state index contributed by atoms with van der Waals surface area (Å²) in [7, 11) is 0. The fourth-order valence-corrected chi connectivity index (χ4v) is 2.93. The highest BCUT2D eigenvalue weighted by Gasteiger charge is 2.25. The first-order valence-corrected chi connectivity index (χ1v) is 7.28. The largest absolute Gasteiger partial charge is 0.370 e. The highest BCUT2D eigenvalue weighted by molar-refractivity contribution is 6.33. The van der Waals surface area contributed by atoms with Gasteiger partial charge in [-0.15, -0.1) is 0 Å². The molecule has 1 aromatic heterocycles. The van der Waals surface area contributed by atoms with Gasteiger partial charge in [0.25, 0.3) is 0 Å². The van der Waals surface area contributed by atoms with E-state index >= 15 is 0 Å². The van der Waals surface area contributed by atoms with Crippen LogP contribution in [0.5, 0.6) is 0 Å². The number of nitrogens with one attached hydrogen (secondary N) is 1. The predicted molar refractivity (Wildman–Crippen MR) is 75.2 cm³/mol. The van der Waals surface area contributed by atoms with Crippen LogP contribution in [0.1, 0.15) is 25.7 Å². The van der Waals surface area contributed by atoms with Crippen LogP contribution in [0.15, 0.2) is 18.5 Å². The lowest BCUT2D eigenvalue weighted by molar-refractivity contribution is 0.391. The monoisotopic (exact) mass is 265 g/mol. The molecule has 1 saturated carbocycles. The number of halogens is 1. The average molecular weight is 266 g/mol. The second kappa shape index (κ2) is 5.45. The lowest BCUT2D eigenvalue weighted by atomic mass is 9.97. The fraction of sp³-hybridized carbons (Fsp3) is 0.643. The molecule has 1 N–H and O–H groups in total. The van der Waals surface area contributed by atoms with Crippen LogP contribution >= 0.6 is 11.6 Å². The molecule has 0 spiro atoms. The van der Waals surface area contributed by atoms with E-state index in [0.29, 0.717) is 0 Å². The van der Waals surface area contributed by atoms with Crippen molar-refractivity contribution < 1.29 is 0 Å². The molecule has 1 unspecified atom stereocenters. The van der Waals surface area contributed by atoms with Gasteiger partial charge in [-0.05, 0) is 44.2 Å². The van der Waals surface area contributed by atoms with E-state index in [4.69, 9.17) is 11.6 Å². The second-order valence-electron chi connectivity index (χ2n) is 5.46. The standard InChI is InChI=1S/C14H20ClN3/c15-13-9-16-6-5-14(13)18-7-1-2-11(10-18)8-17-12-3-4-12/h5-6,9,11-12,17H,1-4,7-8,10H2. The highest BCUT2D eigenvalue weighted by Crippen LogP contribution is 2.29. The first-order valence-electron chi connectivity index (χ1n) is 6.91. The quantitative estimate of drug-likeness (QED) is 0.907. The SMILES string of the molecule is Clc1cnccc1N1CCCC(CNC2CC2)C1. The van der Waals surface area contributed by atoms with Gasteiger partial charge in [0.2, 0.25) is 0 Å². The Kier molecular flexibility index (Phi) is 3.71. The summed E-state index contributed by atoms with van der Waals surface area (Å²) < 4.78 is 0. The fourth-order valence-electron chi connectivity index (χ4n) is 2.70. The summed E-state index contributed by atoms with van der Waals surface area (Å²) in [5.74, 6) is 0.753. The molecule has 1 aromatic rings. The van der Waals surface area contributed by atoms with Crippen LogP contribution in [0.25, 0.3) is 0 Å². The first kappa shape index (κ1) is 12.2. The van der Waals surface area contributed by atoms with Gasteiger partial charge in [-0.3, -0.25) is 4.98 Å². The number of aromatic nitrogens is 1. The maximum absolute atomic E-state index is 6.22. The molecule has 18 heavy (non-hydrogen) atoms. The third-order valence-corrected chi connectivity index (χ3v) is 4.17. The number of rotatable bonds is 4. The van der Waals surface area contributed by atoms with Crippen molar-refractivity contribution in [3.63, 3.8) is 0 Å². The number of nitrogens with zero attached hydrogens (tertiary/aromatic N) is 2. The van der Waals surface area contributed by atoms with Gasteiger partial charge in [-0.1, -0.05) is 11.6 Å². The van der Waals surface area contributed by atoms with Crippen molar-refractivity contribution in [1.29, 1.82) is 0 Å². The number of anilines is 1. The van der Waals surface area contributed by atoms with E-state index in [9.17, 15) is 0 Å². The summed E-state index contributed by atoms with van der Waals surface area (Å²) in [6.45, 7) is 3.39. The van der Waals surface area contributed by atoms with Crippen LogP contribution in [0.3, 0.4) is 0 Å². The molecule has 0 amide bonds. The van der Waals surface area contributed by atoms with Gasteiger partial charge >= 0.3 is 0 Å². The van der Waals surface area contributed by atoms with Crippen LogP contribution in [-0.2, 0) is 0 Å². The molecule has 4 heteroatoms. The Morgan fingerprint density at radius 3 is 3.06 bits per heavy atom. The van der Waals surface area contributed by atoms with Crippen molar-refractivity contribution in [3.05, 3.63) is 23.5 Å². The molecular weight excluding hydrogens is 246 g/mol. The second-order valence-corrected chi connectivity index (χ2v) is 5.87. The Bertz CT molecular complexity index is 406. The predicted octanol–water partition coefficient (Wildman–Crippen LogP) is 2.70. The van der Waals surface area contributed by atoms with Crippen molar-refractivity contribution in [3.8, 4) is 0 Å². The third-order valence-electron chi connectivity index (χ3n) is 3.88. The molecule has 1 saturated heterocycles. The number of hydrogen-bond donors (Lipinski definition) is 1. The molecule has 1 aliphatic heterocycles. The Balaban J connectivity index is 1.60. The van der Waals surface area contributed by atoms with E-state index < -0.39 is 0 Å². The first-order chi connectivity index (χ1) is 8.83. The molecule has 1 atom stereocenters. The minimum Gasteiger partial charge on any atom is -0.370 e. The minimum absolute atomic E-state index is 0.753. The highest BCUT2D eigenvalue weighted by atomic mass is 35.5. The molecule has 1 aliphatic carbocycles. The zero-order chi connectivity index (χ0) is 12.4. The van der Waals surface area contributed by atoms with Crippen LogP contribution in [-0.4, -0.2) is 30.7 Å². The zero-order valence-electron chi connectivity index (χ0n) is 10.6. The van der Waals surface area contributed by atoms with Crippen LogP contribution in [0.2, 0.25) is 5.02 Å². The van der Waals surface area contributed by atoms with Gasteiger partial charge in [-0.2, -0.15) is 0 Å². The summed E-state index contributed by atoms with van der Waals surface area (Å²) in [5.41, 5.74) is 1.14. The topological polar surface area (TPSA) is 28.2 Å². The Morgan fingerprint density at radius 1 is 1.39 bits per heavy atom. The zero-order valence-corrected chi connectivity index (χ0v) is 11.4. The van der Waals surface area contributed by atoms with Crippen molar-refractivity contribution in [1.82, 2.24) is 10.3 Å². The molecule has 2 heterocycles. The smallest absolute Gasteiger partial charge is 0.0822 e. The van der Waals surface area contributed by atoms with E-state index in [1.165, 1.54) is 25.7 Å². The van der Waals surface area contributed by atoms with Crippen molar-refractivity contribution >= 4 is 17.3 Å². The number of pyridine rings is 1. The molecule has 2 aliphatic rings. The van der Waals surface area contributed by atoms with Crippen LogP contribution in [0, 0.1) is 5.92 Å². The third kappa shape index (κ3) is 2.96. The van der Waals surface area contributed by atoms with Gasteiger partial charge < -0.3 is 10.2 Å². The Labute approximate surface area is 114 Å². The Hall–Kier alpha value is -0.800.